The van der Waals surface area contributed by atoms with Crippen LogP contribution in [0.15, 0.2) is 0 Å². The highest BCUT2D eigenvalue weighted by Crippen LogP contribution is 2.10. The molecule has 2 amide bonds. The number of carbonyl (C=O) groups is 2. The van der Waals surface area contributed by atoms with Crippen molar-refractivity contribution in [1.82, 2.24) is 10.2 Å². The first-order chi connectivity index (χ1) is 7.67. The second kappa shape index (κ2) is 6.35. The van der Waals surface area contributed by atoms with Gasteiger partial charge in [0.05, 0.1) is 6.61 Å². The molecule has 5 nitrogen and oxygen atoms in total. The molecule has 0 radical (unpaired) electrons. The maximum absolute atomic E-state index is 11.4. The summed E-state index contributed by atoms with van der Waals surface area (Å²) in [5.74, 6) is 0.0678. The van der Waals surface area contributed by atoms with E-state index in [0.717, 1.165) is 12.8 Å². The Hall–Kier alpha value is -1.26. The van der Waals surface area contributed by atoms with Gasteiger partial charge in [-0.05, 0) is 19.8 Å². The fraction of sp³-hybridized carbons (Fsp3) is 0.818. The number of rotatable bonds is 4. The van der Waals surface area contributed by atoms with E-state index in [9.17, 15) is 9.59 Å². The molecule has 1 N–H and O–H groups in total. The van der Waals surface area contributed by atoms with Crippen molar-refractivity contribution in [2.75, 3.05) is 19.7 Å². The summed E-state index contributed by atoms with van der Waals surface area (Å²) in [6.07, 6.45) is 1.93. The van der Waals surface area contributed by atoms with Crippen LogP contribution in [0.5, 0.6) is 0 Å². The topological polar surface area (TPSA) is 58.6 Å². The Morgan fingerprint density at radius 1 is 1.44 bits per heavy atom. The molecular formula is C11H20N2O3. The Morgan fingerprint density at radius 2 is 2.19 bits per heavy atom. The summed E-state index contributed by atoms with van der Waals surface area (Å²) in [7, 11) is 0. The quantitative estimate of drug-likeness (QED) is 0.784. The van der Waals surface area contributed by atoms with Crippen molar-refractivity contribution in [2.24, 2.45) is 0 Å². The number of likely N-dealkylation sites (tertiary alicyclic amines) is 1. The third kappa shape index (κ3) is 3.72. The zero-order valence-electron chi connectivity index (χ0n) is 9.99. The van der Waals surface area contributed by atoms with Gasteiger partial charge in [0.25, 0.3) is 0 Å². The first-order valence-electron chi connectivity index (χ1n) is 5.88. The molecule has 1 aliphatic rings. The Bertz CT molecular complexity index is 256. The molecule has 0 aliphatic carbocycles. The predicted molar refractivity (Wildman–Crippen MR) is 60.1 cm³/mol. The van der Waals surface area contributed by atoms with Gasteiger partial charge in [-0.25, -0.2) is 4.79 Å². The molecule has 0 aromatic rings. The molecule has 1 aliphatic heterocycles. The zero-order valence-corrected chi connectivity index (χ0v) is 9.99. The normalized spacial score (nSPS) is 19.6. The van der Waals surface area contributed by atoms with E-state index >= 15 is 0 Å². The fourth-order valence-electron chi connectivity index (χ4n) is 1.79. The third-order valence-electron chi connectivity index (χ3n) is 2.56. The molecule has 16 heavy (non-hydrogen) atoms. The first kappa shape index (κ1) is 12.8. The van der Waals surface area contributed by atoms with Crippen LogP contribution in [0, 0.1) is 0 Å². The third-order valence-corrected chi connectivity index (χ3v) is 2.56. The zero-order chi connectivity index (χ0) is 12.0. The summed E-state index contributed by atoms with van der Waals surface area (Å²) in [5, 5.41) is 2.92. The number of ether oxygens (including phenoxy) is 1. The number of hydrogen-bond donors (Lipinski definition) is 1. The van der Waals surface area contributed by atoms with Crippen LogP contribution in [0.1, 0.15) is 33.1 Å². The maximum atomic E-state index is 11.4. The molecule has 1 atom stereocenters. The minimum Gasteiger partial charge on any atom is -0.450 e. The van der Waals surface area contributed by atoms with Crippen LogP contribution < -0.4 is 5.32 Å². The molecule has 0 aromatic heterocycles. The lowest BCUT2D eigenvalue weighted by Gasteiger charge is -2.16. The van der Waals surface area contributed by atoms with E-state index in [1.54, 1.807) is 11.8 Å². The summed E-state index contributed by atoms with van der Waals surface area (Å²) in [6, 6.07) is 0.0865. The molecule has 5 heteroatoms. The molecule has 1 unspecified atom stereocenters. The van der Waals surface area contributed by atoms with Gasteiger partial charge in [0.1, 0.15) is 0 Å². The van der Waals surface area contributed by atoms with Crippen LogP contribution in [0.2, 0.25) is 0 Å². The SMILES string of the molecule is CCCC(=O)NC1CCN(C(=O)OCC)C1. The monoisotopic (exact) mass is 228 g/mol. The van der Waals surface area contributed by atoms with Crippen molar-refractivity contribution >= 4 is 12.0 Å². The number of nitrogens with zero attached hydrogens (tertiary/aromatic N) is 1. The van der Waals surface area contributed by atoms with Crippen LogP contribution in [0.3, 0.4) is 0 Å². The van der Waals surface area contributed by atoms with Gasteiger partial charge in [0, 0.05) is 25.6 Å². The highest BCUT2D eigenvalue weighted by Gasteiger charge is 2.27. The first-order valence-corrected chi connectivity index (χ1v) is 5.88. The van der Waals surface area contributed by atoms with Gasteiger partial charge < -0.3 is 15.0 Å². The predicted octanol–water partition coefficient (Wildman–Crippen LogP) is 1.13. The Morgan fingerprint density at radius 3 is 2.81 bits per heavy atom. The minimum absolute atomic E-state index is 0.0678. The van der Waals surface area contributed by atoms with Crippen molar-refractivity contribution < 1.29 is 14.3 Å². The van der Waals surface area contributed by atoms with Crippen molar-refractivity contribution in [1.29, 1.82) is 0 Å². The minimum atomic E-state index is -0.283. The molecule has 1 fully saturated rings. The van der Waals surface area contributed by atoms with Gasteiger partial charge in [-0.15, -0.1) is 0 Å². The Kier molecular flexibility index (Phi) is 5.08. The molecule has 1 rings (SSSR count). The van der Waals surface area contributed by atoms with Gasteiger partial charge >= 0.3 is 6.09 Å². The van der Waals surface area contributed by atoms with E-state index in [1.165, 1.54) is 0 Å². The number of carbonyl (C=O) groups excluding carboxylic acids is 2. The fourth-order valence-corrected chi connectivity index (χ4v) is 1.79. The smallest absolute Gasteiger partial charge is 0.409 e. The maximum Gasteiger partial charge on any atom is 0.409 e. The molecule has 1 heterocycles. The summed E-state index contributed by atoms with van der Waals surface area (Å²) in [6.45, 7) is 5.38. The van der Waals surface area contributed by atoms with E-state index < -0.39 is 0 Å². The molecule has 92 valence electrons. The van der Waals surface area contributed by atoms with Gasteiger partial charge in [-0.2, -0.15) is 0 Å². The Balaban J connectivity index is 2.29. The molecule has 0 saturated carbocycles. The summed E-state index contributed by atoms with van der Waals surface area (Å²) in [4.78, 5) is 24.4. The highest BCUT2D eigenvalue weighted by atomic mass is 16.6. The van der Waals surface area contributed by atoms with Gasteiger partial charge in [0.2, 0.25) is 5.91 Å². The van der Waals surface area contributed by atoms with Gasteiger partial charge in [-0.3, -0.25) is 4.79 Å². The van der Waals surface area contributed by atoms with E-state index in [0.29, 0.717) is 26.1 Å². The van der Waals surface area contributed by atoms with E-state index in [2.05, 4.69) is 5.32 Å². The number of nitrogens with one attached hydrogen (secondary N) is 1. The number of hydrogen-bond acceptors (Lipinski definition) is 3. The lowest BCUT2D eigenvalue weighted by Crippen LogP contribution is -2.38. The van der Waals surface area contributed by atoms with Crippen molar-refractivity contribution in [2.45, 2.75) is 39.2 Å². The van der Waals surface area contributed by atoms with Gasteiger partial charge in [0.15, 0.2) is 0 Å². The van der Waals surface area contributed by atoms with E-state index in [-0.39, 0.29) is 18.0 Å². The largest absolute Gasteiger partial charge is 0.450 e. The van der Waals surface area contributed by atoms with Gasteiger partial charge in [-0.1, -0.05) is 6.92 Å². The van der Waals surface area contributed by atoms with Crippen LogP contribution in [-0.2, 0) is 9.53 Å². The van der Waals surface area contributed by atoms with Crippen LogP contribution in [0.4, 0.5) is 4.79 Å². The molecular weight excluding hydrogens is 208 g/mol. The Labute approximate surface area is 96.1 Å². The molecule has 1 saturated heterocycles. The summed E-state index contributed by atoms with van der Waals surface area (Å²) < 4.78 is 4.90. The average molecular weight is 228 g/mol. The van der Waals surface area contributed by atoms with Crippen molar-refractivity contribution in [3.05, 3.63) is 0 Å². The lowest BCUT2D eigenvalue weighted by atomic mass is 10.2. The summed E-state index contributed by atoms with van der Waals surface area (Å²) in [5.41, 5.74) is 0. The highest BCUT2D eigenvalue weighted by molar-refractivity contribution is 5.76. The molecule has 0 aromatic carbocycles. The standard InChI is InChI=1S/C11H20N2O3/c1-3-5-10(14)12-9-6-7-13(8-9)11(15)16-4-2/h9H,3-8H2,1-2H3,(H,12,14). The van der Waals surface area contributed by atoms with Crippen molar-refractivity contribution in [3.63, 3.8) is 0 Å². The second-order valence-electron chi connectivity index (χ2n) is 3.95. The number of amides is 2. The van der Waals surface area contributed by atoms with E-state index in [1.807, 2.05) is 6.92 Å². The molecule has 0 spiro atoms. The average Bonchev–Trinajstić information content (AvgIpc) is 2.67. The van der Waals surface area contributed by atoms with E-state index in [4.69, 9.17) is 4.74 Å². The van der Waals surface area contributed by atoms with Crippen LogP contribution in [0.25, 0.3) is 0 Å². The summed E-state index contributed by atoms with van der Waals surface area (Å²) >= 11 is 0. The second-order valence-corrected chi connectivity index (χ2v) is 3.95. The van der Waals surface area contributed by atoms with Crippen LogP contribution in [-0.4, -0.2) is 42.6 Å². The molecule has 0 bridgehead atoms. The van der Waals surface area contributed by atoms with Crippen LogP contribution >= 0.6 is 0 Å². The lowest BCUT2D eigenvalue weighted by molar-refractivity contribution is -0.121. The van der Waals surface area contributed by atoms with Crippen molar-refractivity contribution in [3.8, 4) is 0 Å².